The Bertz CT molecular complexity index is 1370. The van der Waals surface area contributed by atoms with Crippen LogP contribution in [-0.4, -0.2) is 94.1 Å². The average Bonchev–Trinajstić information content (AvgIpc) is 3.35. The fraction of sp³-hybridized carbons (Fsp3) is 0.333. The van der Waals surface area contributed by atoms with Crippen molar-refractivity contribution in [2.45, 2.75) is 35.3 Å². The van der Waals surface area contributed by atoms with Crippen molar-refractivity contribution in [3.63, 3.8) is 0 Å². The summed E-state index contributed by atoms with van der Waals surface area (Å²) in [5.74, 6) is -5.18. The zero-order valence-corrected chi connectivity index (χ0v) is 22.1. The fourth-order valence-electron chi connectivity index (χ4n) is 3.55. The number of tetrazole rings is 1. The molecule has 0 bridgehead atoms. The lowest BCUT2D eigenvalue weighted by atomic mass is 10.0. The normalized spacial score (nSPS) is 18.8. The highest BCUT2D eigenvalue weighted by molar-refractivity contribution is 8.01. The second kappa shape index (κ2) is 13.0. The van der Waals surface area contributed by atoms with E-state index in [1.165, 1.54) is 21.3 Å². The van der Waals surface area contributed by atoms with Crippen molar-refractivity contribution in [1.29, 1.82) is 0 Å². The number of aliphatic carboxylic acids is 2. The van der Waals surface area contributed by atoms with Crippen LogP contribution in [0.1, 0.15) is 11.6 Å². The molecular formula is C21H21F3N8O7S2. The SMILES string of the molecule is NC(=O)Cn1nnnc1SCC1=C(C(=O)O)N2C(=O)C(NC(=O)C(N)c3ccccc3)[C@@H]2SC1.O=C(O)C(F)(F)F. The summed E-state index contributed by atoms with van der Waals surface area (Å²) < 4.78 is 32.9. The second-order valence-corrected chi connectivity index (χ2v) is 10.3. The van der Waals surface area contributed by atoms with Crippen molar-refractivity contribution >= 4 is 53.2 Å². The summed E-state index contributed by atoms with van der Waals surface area (Å²) in [5, 5.41) is 30.3. The number of aromatic nitrogens is 4. The van der Waals surface area contributed by atoms with Crippen molar-refractivity contribution in [3.05, 3.63) is 47.2 Å². The minimum Gasteiger partial charge on any atom is -0.477 e. The van der Waals surface area contributed by atoms with Crippen LogP contribution in [-0.2, 0) is 30.5 Å². The third-order valence-corrected chi connectivity index (χ3v) is 7.79. The van der Waals surface area contributed by atoms with E-state index < -0.39 is 53.3 Å². The molecule has 41 heavy (non-hydrogen) atoms. The van der Waals surface area contributed by atoms with Gasteiger partial charge in [-0.25, -0.2) is 14.3 Å². The predicted molar refractivity (Wildman–Crippen MR) is 134 cm³/mol. The van der Waals surface area contributed by atoms with Gasteiger partial charge in [0.25, 0.3) is 5.91 Å². The Balaban J connectivity index is 0.000000587. The maximum absolute atomic E-state index is 12.8. The highest BCUT2D eigenvalue weighted by atomic mass is 32.2. The minimum atomic E-state index is -5.08. The molecular weight excluding hydrogens is 597 g/mol. The van der Waals surface area contributed by atoms with Crippen LogP contribution in [0.25, 0.3) is 0 Å². The van der Waals surface area contributed by atoms with Gasteiger partial charge in [-0.15, -0.1) is 16.9 Å². The first kappa shape index (κ1) is 31.4. The summed E-state index contributed by atoms with van der Waals surface area (Å²) in [7, 11) is 0. The number of primary amides is 1. The zero-order valence-electron chi connectivity index (χ0n) is 20.5. The van der Waals surface area contributed by atoms with Crippen molar-refractivity contribution in [1.82, 2.24) is 30.4 Å². The smallest absolute Gasteiger partial charge is 0.477 e. The van der Waals surface area contributed by atoms with Crippen LogP contribution < -0.4 is 16.8 Å². The Hall–Kier alpha value is -4.17. The topological polar surface area (TPSA) is 237 Å². The Morgan fingerprint density at radius 1 is 1.20 bits per heavy atom. The molecule has 3 heterocycles. The van der Waals surface area contributed by atoms with Crippen molar-refractivity contribution in [3.8, 4) is 0 Å². The number of carbonyl (C=O) groups excluding carboxylic acids is 3. The van der Waals surface area contributed by atoms with Crippen molar-refractivity contribution in [2.75, 3.05) is 11.5 Å². The van der Waals surface area contributed by atoms with E-state index in [2.05, 4.69) is 20.8 Å². The number of halogens is 3. The largest absolute Gasteiger partial charge is 0.490 e. The number of thioether (sulfide) groups is 2. The lowest BCUT2D eigenvalue weighted by molar-refractivity contribution is -0.192. The number of amides is 3. The van der Waals surface area contributed by atoms with Gasteiger partial charge in [0, 0.05) is 11.5 Å². The number of fused-ring (bicyclic) bond motifs is 1. The molecule has 2 aliphatic rings. The van der Waals surface area contributed by atoms with Crippen LogP contribution in [0.15, 0.2) is 46.8 Å². The Morgan fingerprint density at radius 3 is 2.39 bits per heavy atom. The van der Waals surface area contributed by atoms with Crippen molar-refractivity contribution < 1.29 is 47.4 Å². The maximum atomic E-state index is 12.8. The van der Waals surface area contributed by atoms with Crippen LogP contribution in [0.4, 0.5) is 13.2 Å². The van der Waals surface area contributed by atoms with Gasteiger partial charge in [-0.2, -0.15) is 13.2 Å². The number of rotatable bonds is 9. The number of hydrogen-bond acceptors (Lipinski definition) is 11. The molecule has 0 radical (unpaired) electrons. The van der Waals surface area contributed by atoms with Crippen LogP contribution >= 0.6 is 23.5 Å². The second-order valence-electron chi connectivity index (χ2n) is 8.22. The summed E-state index contributed by atoms with van der Waals surface area (Å²) in [4.78, 5) is 58.6. The van der Waals surface area contributed by atoms with Gasteiger partial charge in [0.2, 0.25) is 17.0 Å². The number of carboxylic acid groups (broad SMARTS) is 2. The maximum Gasteiger partial charge on any atom is 0.490 e. The molecule has 0 saturated carbocycles. The van der Waals surface area contributed by atoms with Gasteiger partial charge in [-0.3, -0.25) is 19.3 Å². The number of hydrogen-bond donors (Lipinski definition) is 5. The van der Waals surface area contributed by atoms with Gasteiger partial charge in [0.05, 0.1) is 0 Å². The quantitative estimate of drug-likeness (QED) is 0.173. The monoisotopic (exact) mass is 618 g/mol. The van der Waals surface area contributed by atoms with E-state index in [0.29, 0.717) is 16.9 Å². The molecule has 4 rings (SSSR count). The number of carbonyl (C=O) groups is 5. The van der Waals surface area contributed by atoms with Crippen molar-refractivity contribution in [2.24, 2.45) is 11.5 Å². The van der Waals surface area contributed by atoms with Gasteiger partial charge in [0.15, 0.2) is 0 Å². The van der Waals surface area contributed by atoms with Gasteiger partial charge in [0.1, 0.15) is 29.7 Å². The molecule has 2 unspecified atom stereocenters. The molecule has 15 nitrogen and oxygen atoms in total. The Morgan fingerprint density at radius 2 is 1.83 bits per heavy atom. The van der Waals surface area contributed by atoms with Gasteiger partial charge in [-0.1, -0.05) is 42.1 Å². The van der Waals surface area contributed by atoms with Gasteiger partial charge >= 0.3 is 18.1 Å². The molecule has 1 aromatic heterocycles. The van der Waals surface area contributed by atoms with E-state index >= 15 is 0 Å². The molecule has 2 aliphatic heterocycles. The molecule has 220 valence electrons. The molecule has 0 aliphatic carbocycles. The van der Waals surface area contributed by atoms with E-state index in [4.69, 9.17) is 21.4 Å². The molecule has 3 atom stereocenters. The highest BCUT2D eigenvalue weighted by Gasteiger charge is 2.54. The number of carboxylic acids is 2. The lowest BCUT2D eigenvalue weighted by Crippen LogP contribution is -2.71. The van der Waals surface area contributed by atoms with Crippen LogP contribution in [0.5, 0.6) is 0 Å². The van der Waals surface area contributed by atoms with Crippen LogP contribution in [0.3, 0.4) is 0 Å². The van der Waals surface area contributed by atoms with Crippen LogP contribution in [0.2, 0.25) is 0 Å². The van der Waals surface area contributed by atoms with E-state index in [9.17, 15) is 37.5 Å². The molecule has 3 amide bonds. The number of benzene rings is 1. The third kappa shape index (κ3) is 7.52. The molecule has 7 N–H and O–H groups in total. The van der Waals surface area contributed by atoms with Crippen LogP contribution in [0, 0.1) is 0 Å². The van der Waals surface area contributed by atoms with Gasteiger partial charge in [-0.05, 0) is 21.6 Å². The van der Waals surface area contributed by atoms with E-state index in [1.807, 2.05) is 0 Å². The Labute approximate surface area is 236 Å². The average molecular weight is 619 g/mol. The lowest BCUT2D eigenvalue weighted by Gasteiger charge is -2.49. The van der Waals surface area contributed by atoms with Gasteiger partial charge < -0.3 is 27.0 Å². The standard InChI is InChI=1S/C19H20N8O5S2.C2HF3O2/c20-11(28)6-26-19(23-24-25-26)34-8-10-7-33-17-13(16(30)27(17)14(10)18(31)32)22-15(29)12(21)9-4-2-1-3-5-9;3-2(4,5)1(6)7/h1-5,12-13,17H,6-8,21H2,(H2,20,28)(H,22,29)(H,31,32);(H,6,7)/t12?,13?,17-;/m0./s1. The predicted octanol–water partition coefficient (Wildman–Crippen LogP) is -0.678. The first-order valence-corrected chi connectivity index (χ1v) is 13.2. The summed E-state index contributed by atoms with van der Waals surface area (Å²) in [5.41, 5.74) is 12.1. The molecule has 0 spiro atoms. The Kier molecular flexibility index (Phi) is 9.94. The van der Waals surface area contributed by atoms with E-state index in [-0.39, 0.29) is 23.2 Å². The number of alkyl halides is 3. The summed E-state index contributed by atoms with van der Waals surface area (Å²) >= 11 is 2.46. The first-order chi connectivity index (χ1) is 19.2. The van der Waals surface area contributed by atoms with E-state index in [1.54, 1.807) is 30.3 Å². The summed E-state index contributed by atoms with van der Waals surface area (Å²) in [6.45, 7) is -0.214. The highest BCUT2D eigenvalue weighted by Crippen LogP contribution is 2.41. The minimum absolute atomic E-state index is 0.131. The summed E-state index contributed by atoms with van der Waals surface area (Å²) in [6.07, 6.45) is -5.08. The third-order valence-electron chi connectivity index (χ3n) is 5.41. The number of β-lactam (4-membered cyclic amide) rings is 1. The first-order valence-electron chi connectivity index (χ1n) is 11.2. The molecule has 20 heteroatoms. The zero-order chi connectivity index (χ0) is 30.5. The number of nitrogens with two attached hydrogens (primary N) is 2. The molecule has 2 aromatic rings. The number of nitrogens with zero attached hydrogens (tertiary/aromatic N) is 5. The number of nitrogens with one attached hydrogen (secondary N) is 1. The molecule has 1 fully saturated rings. The molecule has 1 saturated heterocycles. The summed E-state index contributed by atoms with van der Waals surface area (Å²) in [6, 6.07) is 6.90. The van der Waals surface area contributed by atoms with E-state index in [0.717, 1.165) is 11.8 Å². The molecule has 1 aromatic carbocycles. The fourth-order valence-corrected chi connectivity index (χ4v) is 5.91.